The molecule has 2 amide bonds. The number of aromatic nitrogens is 1. The summed E-state index contributed by atoms with van der Waals surface area (Å²) in [4.78, 5) is 32.4. The number of carbonyl (C=O) groups excluding carboxylic acids is 2. The highest BCUT2D eigenvalue weighted by Crippen LogP contribution is 2.34. The fourth-order valence-electron chi connectivity index (χ4n) is 4.53. The number of nitrogens with one attached hydrogen (secondary N) is 2. The van der Waals surface area contributed by atoms with Gasteiger partial charge in [0, 0.05) is 62.3 Å². The van der Waals surface area contributed by atoms with Crippen LogP contribution in [0.2, 0.25) is 0 Å². The van der Waals surface area contributed by atoms with Gasteiger partial charge in [0.05, 0.1) is 18.8 Å². The summed E-state index contributed by atoms with van der Waals surface area (Å²) in [5, 5.41) is 2.96. The summed E-state index contributed by atoms with van der Waals surface area (Å²) in [6.45, 7) is 5.73. The maximum atomic E-state index is 12.6. The molecule has 2 saturated heterocycles. The molecule has 2 fully saturated rings. The minimum atomic E-state index is -0.0921. The van der Waals surface area contributed by atoms with Crippen LogP contribution in [0.25, 0.3) is 11.6 Å². The smallest absolute Gasteiger partial charge is 0.256 e. The van der Waals surface area contributed by atoms with Gasteiger partial charge in [-0.2, -0.15) is 0 Å². The van der Waals surface area contributed by atoms with Crippen LogP contribution in [0, 0.1) is 0 Å². The molecule has 2 N–H and O–H groups in total. The van der Waals surface area contributed by atoms with Gasteiger partial charge >= 0.3 is 0 Å². The van der Waals surface area contributed by atoms with Crippen molar-refractivity contribution in [3.8, 4) is 0 Å². The van der Waals surface area contributed by atoms with E-state index in [4.69, 9.17) is 4.74 Å². The Hall–Kier alpha value is -2.90. The van der Waals surface area contributed by atoms with Gasteiger partial charge in [-0.25, -0.2) is 0 Å². The SMILES string of the molecule is O=C1Nc2ccc(CN3CCCCC3=O)cc2/C1=C/c1cc(CN2CCOCC2)c[nH]1. The monoisotopic (exact) mass is 420 g/mol. The van der Waals surface area contributed by atoms with Crippen molar-refractivity contribution >= 4 is 29.2 Å². The molecular weight excluding hydrogens is 392 g/mol. The normalized spacial score (nSPS) is 20.9. The molecule has 2 aromatic rings. The number of anilines is 1. The highest BCUT2D eigenvalue weighted by Gasteiger charge is 2.25. The lowest BCUT2D eigenvalue weighted by atomic mass is 10.0. The number of H-pyrrole nitrogens is 1. The number of carbonyl (C=O) groups is 2. The van der Waals surface area contributed by atoms with Gasteiger partial charge in [0.2, 0.25) is 5.91 Å². The number of likely N-dealkylation sites (tertiary alicyclic amines) is 1. The summed E-state index contributed by atoms with van der Waals surface area (Å²) in [7, 11) is 0. The number of amides is 2. The van der Waals surface area contributed by atoms with Crippen LogP contribution in [0.4, 0.5) is 5.69 Å². The van der Waals surface area contributed by atoms with Gasteiger partial charge in [-0.3, -0.25) is 14.5 Å². The minimum Gasteiger partial charge on any atom is -0.379 e. The van der Waals surface area contributed by atoms with Crippen molar-refractivity contribution in [1.29, 1.82) is 0 Å². The van der Waals surface area contributed by atoms with Gasteiger partial charge < -0.3 is 19.9 Å². The van der Waals surface area contributed by atoms with Crippen LogP contribution < -0.4 is 5.32 Å². The van der Waals surface area contributed by atoms with Crippen LogP contribution in [0.5, 0.6) is 0 Å². The second-order valence-electron chi connectivity index (χ2n) is 8.52. The molecule has 7 heteroatoms. The van der Waals surface area contributed by atoms with Crippen LogP contribution in [-0.2, 0) is 27.4 Å². The van der Waals surface area contributed by atoms with E-state index in [1.165, 1.54) is 5.56 Å². The third-order valence-corrected chi connectivity index (χ3v) is 6.24. The maximum absolute atomic E-state index is 12.6. The molecule has 0 aliphatic carbocycles. The highest BCUT2D eigenvalue weighted by molar-refractivity contribution is 6.34. The van der Waals surface area contributed by atoms with E-state index in [9.17, 15) is 9.59 Å². The van der Waals surface area contributed by atoms with Gasteiger partial charge in [0.15, 0.2) is 0 Å². The van der Waals surface area contributed by atoms with E-state index >= 15 is 0 Å². The van der Waals surface area contributed by atoms with Crippen LogP contribution >= 0.6 is 0 Å². The Balaban J connectivity index is 1.34. The number of morpholine rings is 1. The molecular formula is C24H28N4O3. The van der Waals surface area contributed by atoms with Crippen LogP contribution in [-0.4, -0.2) is 59.4 Å². The van der Waals surface area contributed by atoms with Gasteiger partial charge in [0.25, 0.3) is 5.91 Å². The number of hydrogen-bond acceptors (Lipinski definition) is 4. The molecule has 5 rings (SSSR count). The van der Waals surface area contributed by atoms with Crippen molar-refractivity contribution in [2.75, 3.05) is 38.2 Å². The van der Waals surface area contributed by atoms with E-state index < -0.39 is 0 Å². The minimum absolute atomic E-state index is 0.0921. The molecule has 31 heavy (non-hydrogen) atoms. The number of hydrogen-bond donors (Lipinski definition) is 2. The summed E-state index contributed by atoms with van der Waals surface area (Å²) < 4.78 is 5.41. The zero-order chi connectivity index (χ0) is 21.2. The van der Waals surface area contributed by atoms with E-state index in [1.807, 2.05) is 35.4 Å². The molecule has 7 nitrogen and oxygen atoms in total. The Morgan fingerprint density at radius 1 is 1.00 bits per heavy atom. The maximum Gasteiger partial charge on any atom is 0.256 e. The molecule has 1 aromatic heterocycles. The largest absolute Gasteiger partial charge is 0.379 e. The molecule has 1 aromatic carbocycles. The summed E-state index contributed by atoms with van der Waals surface area (Å²) in [5.41, 5.74) is 5.54. The molecule has 3 aliphatic heterocycles. The third-order valence-electron chi connectivity index (χ3n) is 6.24. The predicted molar refractivity (Wildman–Crippen MR) is 119 cm³/mol. The van der Waals surface area contributed by atoms with E-state index in [-0.39, 0.29) is 11.8 Å². The van der Waals surface area contributed by atoms with Crippen molar-refractivity contribution in [3.05, 3.63) is 52.8 Å². The second kappa shape index (κ2) is 8.69. The Morgan fingerprint density at radius 3 is 2.71 bits per heavy atom. The Labute approximate surface area is 182 Å². The fraction of sp³-hybridized carbons (Fsp3) is 0.417. The first-order chi connectivity index (χ1) is 15.2. The van der Waals surface area contributed by atoms with E-state index in [1.54, 1.807) is 0 Å². The van der Waals surface area contributed by atoms with Crippen molar-refractivity contribution < 1.29 is 14.3 Å². The molecule has 4 heterocycles. The van der Waals surface area contributed by atoms with Crippen LogP contribution in [0.15, 0.2) is 30.5 Å². The topological polar surface area (TPSA) is 77.7 Å². The molecule has 0 bridgehead atoms. The number of benzene rings is 1. The first kappa shape index (κ1) is 20.0. The zero-order valence-corrected chi connectivity index (χ0v) is 17.7. The van der Waals surface area contributed by atoms with E-state index in [0.717, 1.165) is 74.7 Å². The lowest BCUT2D eigenvalue weighted by molar-refractivity contribution is -0.133. The summed E-state index contributed by atoms with van der Waals surface area (Å²) in [6.07, 6.45) is 6.60. The van der Waals surface area contributed by atoms with Crippen LogP contribution in [0.3, 0.4) is 0 Å². The van der Waals surface area contributed by atoms with Crippen LogP contribution in [0.1, 0.15) is 41.6 Å². The molecule has 0 radical (unpaired) electrons. The van der Waals surface area contributed by atoms with Gasteiger partial charge in [0.1, 0.15) is 0 Å². The lowest BCUT2D eigenvalue weighted by Gasteiger charge is -2.26. The molecule has 0 saturated carbocycles. The van der Waals surface area contributed by atoms with Gasteiger partial charge in [-0.15, -0.1) is 0 Å². The number of nitrogens with zero attached hydrogens (tertiary/aromatic N) is 2. The number of rotatable bonds is 5. The van der Waals surface area contributed by atoms with Crippen molar-refractivity contribution in [1.82, 2.24) is 14.8 Å². The Bertz CT molecular complexity index is 1020. The van der Waals surface area contributed by atoms with Crippen molar-refractivity contribution in [2.24, 2.45) is 0 Å². The van der Waals surface area contributed by atoms with Crippen molar-refractivity contribution in [2.45, 2.75) is 32.4 Å². The number of ether oxygens (including phenoxy) is 1. The highest BCUT2D eigenvalue weighted by atomic mass is 16.5. The summed E-state index contributed by atoms with van der Waals surface area (Å²) >= 11 is 0. The first-order valence-corrected chi connectivity index (χ1v) is 11.1. The average Bonchev–Trinajstić information content (AvgIpc) is 3.34. The summed E-state index contributed by atoms with van der Waals surface area (Å²) in [6, 6.07) is 8.08. The quantitative estimate of drug-likeness (QED) is 0.730. The first-order valence-electron chi connectivity index (χ1n) is 11.1. The van der Waals surface area contributed by atoms with Gasteiger partial charge in [-0.1, -0.05) is 6.07 Å². The third kappa shape index (κ3) is 4.43. The van der Waals surface area contributed by atoms with E-state index in [0.29, 0.717) is 18.5 Å². The number of aromatic amines is 1. The zero-order valence-electron chi connectivity index (χ0n) is 17.7. The predicted octanol–water partition coefficient (Wildman–Crippen LogP) is 2.85. The Morgan fingerprint density at radius 2 is 1.87 bits per heavy atom. The molecule has 0 spiro atoms. The fourth-order valence-corrected chi connectivity index (χ4v) is 4.53. The second-order valence-corrected chi connectivity index (χ2v) is 8.52. The Kier molecular flexibility index (Phi) is 5.61. The van der Waals surface area contributed by atoms with E-state index in [2.05, 4.69) is 21.3 Å². The molecule has 3 aliphatic rings. The van der Waals surface area contributed by atoms with Crippen molar-refractivity contribution in [3.63, 3.8) is 0 Å². The lowest BCUT2D eigenvalue weighted by Crippen LogP contribution is -2.35. The average molecular weight is 421 g/mol. The molecule has 162 valence electrons. The molecule has 0 unspecified atom stereocenters. The van der Waals surface area contributed by atoms with Gasteiger partial charge in [-0.05, 0) is 48.2 Å². The summed E-state index contributed by atoms with van der Waals surface area (Å²) in [5.74, 6) is 0.126. The number of fused-ring (bicyclic) bond motifs is 1. The standard InChI is InChI=1S/C24H28N4O3/c29-23-3-1-2-6-28(23)16-17-4-5-22-20(12-17)21(24(30)26-22)13-19-11-18(14-25-19)15-27-7-9-31-10-8-27/h4-5,11-14,25H,1-3,6-10,15-16H2,(H,26,30)/b21-13-. The number of piperidine rings is 1. The molecule has 0 atom stereocenters.